The minimum atomic E-state index is 0.219. The fraction of sp³-hybridized carbons (Fsp3) is 0.214. The van der Waals surface area contributed by atoms with Crippen LogP contribution in [0.4, 0.5) is 17.5 Å². The average Bonchev–Trinajstić information content (AvgIpc) is 2.94. The summed E-state index contributed by atoms with van der Waals surface area (Å²) in [7, 11) is 1.95. The fourth-order valence-corrected chi connectivity index (χ4v) is 2.15. The van der Waals surface area contributed by atoms with Crippen molar-refractivity contribution in [3.8, 4) is 0 Å². The number of hydrogen-bond acceptors (Lipinski definition) is 5. The molecule has 3 rings (SSSR count). The predicted octanol–water partition coefficient (Wildman–Crippen LogP) is 2.27. The highest BCUT2D eigenvalue weighted by molar-refractivity contribution is 5.86. The lowest BCUT2D eigenvalue weighted by atomic mass is 10.1. The van der Waals surface area contributed by atoms with E-state index in [9.17, 15) is 0 Å². The number of nitrogens with two attached hydrogens (primary N) is 1. The second-order valence-corrected chi connectivity index (χ2v) is 4.59. The van der Waals surface area contributed by atoms with E-state index >= 15 is 0 Å². The van der Waals surface area contributed by atoms with Gasteiger partial charge in [-0.1, -0.05) is 19.1 Å². The lowest BCUT2D eigenvalue weighted by Gasteiger charge is -2.19. The molecule has 0 aliphatic carbocycles. The number of benzene rings is 1. The zero-order valence-corrected chi connectivity index (χ0v) is 11.5. The number of anilines is 3. The largest absolute Gasteiger partial charge is 0.368 e. The summed E-state index contributed by atoms with van der Waals surface area (Å²) in [6.45, 7) is 2.14. The Bertz CT molecular complexity index is 731. The van der Waals surface area contributed by atoms with Crippen LogP contribution in [0.5, 0.6) is 0 Å². The topological polar surface area (TPSA) is 83.7 Å². The molecular weight excluding hydrogens is 252 g/mol. The van der Waals surface area contributed by atoms with Crippen LogP contribution in [0.3, 0.4) is 0 Å². The lowest BCUT2D eigenvalue weighted by Crippen LogP contribution is -2.13. The second kappa shape index (κ2) is 4.80. The Morgan fingerprint density at radius 2 is 1.95 bits per heavy atom. The van der Waals surface area contributed by atoms with Gasteiger partial charge in [0.15, 0.2) is 11.5 Å². The molecular formula is C14H16N6. The van der Waals surface area contributed by atoms with Crippen molar-refractivity contribution in [2.75, 3.05) is 17.7 Å². The smallest absolute Gasteiger partial charge is 0.224 e. The van der Waals surface area contributed by atoms with E-state index in [4.69, 9.17) is 5.73 Å². The number of fused-ring (bicyclic) bond motifs is 1. The van der Waals surface area contributed by atoms with Gasteiger partial charge in [-0.3, -0.25) is 0 Å². The number of aromatic amines is 1. The molecule has 20 heavy (non-hydrogen) atoms. The molecule has 2 aromatic heterocycles. The Morgan fingerprint density at radius 1 is 1.20 bits per heavy atom. The summed E-state index contributed by atoms with van der Waals surface area (Å²) in [5, 5.41) is 0. The summed E-state index contributed by atoms with van der Waals surface area (Å²) in [5.74, 6) is 0.936. The van der Waals surface area contributed by atoms with Crippen LogP contribution < -0.4 is 10.6 Å². The van der Waals surface area contributed by atoms with Crippen molar-refractivity contribution in [3.05, 3.63) is 36.2 Å². The van der Waals surface area contributed by atoms with E-state index in [0.29, 0.717) is 11.5 Å². The molecule has 0 aliphatic heterocycles. The molecule has 0 spiro atoms. The summed E-state index contributed by atoms with van der Waals surface area (Å²) in [5.41, 5.74) is 9.44. The Balaban J connectivity index is 2.06. The molecule has 0 unspecified atom stereocenters. The maximum atomic E-state index is 5.74. The number of aryl methyl sites for hydroxylation is 1. The van der Waals surface area contributed by atoms with Gasteiger partial charge in [-0.25, -0.2) is 4.98 Å². The lowest BCUT2D eigenvalue weighted by molar-refractivity contribution is 1.10. The van der Waals surface area contributed by atoms with E-state index in [1.807, 2.05) is 11.9 Å². The van der Waals surface area contributed by atoms with Crippen LogP contribution in [-0.4, -0.2) is 27.0 Å². The van der Waals surface area contributed by atoms with E-state index in [1.165, 1.54) is 5.56 Å². The summed E-state index contributed by atoms with van der Waals surface area (Å²) in [4.78, 5) is 17.6. The van der Waals surface area contributed by atoms with Crippen LogP contribution >= 0.6 is 0 Å². The summed E-state index contributed by atoms with van der Waals surface area (Å²) >= 11 is 0. The first-order valence-electron chi connectivity index (χ1n) is 6.48. The Hall–Kier alpha value is -2.63. The van der Waals surface area contributed by atoms with Crippen LogP contribution in [0.25, 0.3) is 11.2 Å². The van der Waals surface area contributed by atoms with Crippen molar-refractivity contribution in [1.29, 1.82) is 0 Å². The highest BCUT2D eigenvalue weighted by atomic mass is 15.2. The molecule has 0 saturated carbocycles. The van der Waals surface area contributed by atoms with Gasteiger partial charge < -0.3 is 15.6 Å². The van der Waals surface area contributed by atoms with Gasteiger partial charge in [0, 0.05) is 12.7 Å². The monoisotopic (exact) mass is 268 g/mol. The molecule has 0 fully saturated rings. The number of nitrogen functional groups attached to an aromatic ring is 1. The number of nitrogens with one attached hydrogen (secondary N) is 1. The molecule has 0 bridgehead atoms. The SMILES string of the molecule is CCc1ccc(N(C)c2nc(N)nc3nc[nH]c23)cc1. The minimum Gasteiger partial charge on any atom is -0.368 e. The maximum absolute atomic E-state index is 5.74. The maximum Gasteiger partial charge on any atom is 0.224 e. The Morgan fingerprint density at radius 3 is 2.65 bits per heavy atom. The molecule has 0 amide bonds. The van der Waals surface area contributed by atoms with Crippen molar-refractivity contribution in [3.63, 3.8) is 0 Å². The van der Waals surface area contributed by atoms with Crippen molar-refractivity contribution in [1.82, 2.24) is 19.9 Å². The van der Waals surface area contributed by atoms with Crippen molar-refractivity contribution < 1.29 is 0 Å². The summed E-state index contributed by atoms with van der Waals surface area (Å²) in [6.07, 6.45) is 2.62. The van der Waals surface area contributed by atoms with Gasteiger partial charge in [-0.15, -0.1) is 0 Å². The average molecular weight is 268 g/mol. The van der Waals surface area contributed by atoms with Crippen LogP contribution in [0.15, 0.2) is 30.6 Å². The van der Waals surface area contributed by atoms with Crippen LogP contribution in [-0.2, 0) is 6.42 Å². The summed E-state index contributed by atoms with van der Waals surface area (Å²) < 4.78 is 0. The molecule has 2 heterocycles. The van der Waals surface area contributed by atoms with Crippen molar-refractivity contribution in [2.24, 2.45) is 0 Å². The molecule has 6 heteroatoms. The number of rotatable bonds is 3. The van der Waals surface area contributed by atoms with Gasteiger partial charge in [0.05, 0.1) is 6.33 Å². The molecule has 1 aromatic carbocycles. The second-order valence-electron chi connectivity index (χ2n) is 4.59. The van der Waals surface area contributed by atoms with Crippen LogP contribution in [0, 0.1) is 0 Å². The van der Waals surface area contributed by atoms with E-state index in [1.54, 1.807) is 6.33 Å². The third-order valence-corrected chi connectivity index (χ3v) is 3.33. The van der Waals surface area contributed by atoms with Gasteiger partial charge >= 0.3 is 0 Å². The quantitative estimate of drug-likeness (QED) is 0.761. The fourth-order valence-electron chi connectivity index (χ4n) is 2.15. The van der Waals surface area contributed by atoms with E-state index < -0.39 is 0 Å². The molecule has 0 saturated heterocycles. The molecule has 0 atom stereocenters. The van der Waals surface area contributed by atoms with Gasteiger partial charge in [0.2, 0.25) is 5.95 Å². The molecule has 6 nitrogen and oxygen atoms in total. The third kappa shape index (κ3) is 2.05. The first-order valence-corrected chi connectivity index (χ1v) is 6.48. The normalized spacial score (nSPS) is 10.9. The highest BCUT2D eigenvalue weighted by Gasteiger charge is 2.13. The highest BCUT2D eigenvalue weighted by Crippen LogP contribution is 2.27. The van der Waals surface area contributed by atoms with Gasteiger partial charge in [-0.2, -0.15) is 9.97 Å². The van der Waals surface area contributed by atoms with E-state index in [0.717, 1.165) is 17.6 Å². The number of nitrogens with zero attached hydrogens (tertiary/aromatic N) is 4. The molecule has 102 valence electrons. The third-order valence-electron chi connectivity index (χ3n) is 3.33. The Kier molecular flexibility index (Phi) is 2.98. The van der Waals surface area contributed by atoms with Gasteiger partial charge in [0.25, 0.3) is 0 Å². The zero-order valence-electron chi connectivity index (χ0n) is 11.5. The predicted molar refractivity (Wildman–Crippen MR) is 80.0 cm³/mol. The van der Waals surface area contributed by atoms with Crippen LogP contribution in [0.1, 0.15) is 12.5 Å². The molecule has 3 N–H and O–H groups in total. The zero-order chi connectivity index (χ0) is 14.1. The standard InChI is InChI=1S/C14H16N6/c1-3-9-4-6-10(7-5-9)20(2)13-11-12(17-8-16-11)18-14(15)19-13/h4-8H,3H2,1-2H3,(H3,15,16,17,18,19). The van der Waals surface area contributed by atoms with E-state index in [2.05, 4.69) is 51.1 Å². The first kappa shape index (κ1) is 12.4. The van der Waals surface area contributed by atoms with E-state index in [-0.39, 0.29) is 5.95 Å². The number of H-pyrrole nitrogens is 1. The van der Waals surface area contributed by atoms with Gasteiger partial charge in [-0.05, 0) is 24.1 Å². The van der Waals surface area contributed by atoms with Gasteiger partial charge in [0.1, 0.15) is 5.52 Å². The van der Waals surface area contributed by atoms with Crippen molar-refractivity contribution >= 4 is 28.6 Å². The molecule has 3 aromatic rings. The number of aromatic nitrogens is 4. The first-order chi connectivity index (χ1) is 9.69. The molecule has 0 aliphatic rings. The number of hydrogen-bond donors (Lipinski definition) is 2. The van der Waals surface area contributed by atoms with Crippen molar-refractivity contribution in [2.45, 2.75) is 13.3 Å². The number of imidazole rings is 1. The minimum absolute atomic E-state index is 0.219. The Labute approximate surface area is 116 Å². The van der Waals surface area contributed by atoms with Crippen LogP contribution in [0.2, 0.25) is 0 Å². The molecule has 0 radical (unpaired) electrons. The summed E-state index contributed by atoms with van der Waals surface area (Å²) in [6, 6.07) is 8.36.